The highest BCUT2D eigenvalue weighted by atomic mass is 19.4. The highest BCUT2D eigenvalue weighted by molar-refractivity contribution is 5.96. The van der Waals surface area contributed by atoms with Crippen molar-refractivity contribution in [1.29, 1.82) is 5.26 Å². The maximum atomic E-state index is 12.6. The lowest BCUT2D eigenvalue weighted by Gasteiger charge is -2.30. The molecular weight excluding hydrogens is 447 g/mol. The van der Waals surface area contributed by atoms with E-state index in [1.165, 1.54) is 0 Å². The molecule has 1 saturated carbocycles. The van der Waals surface area contributed by atoms with Crippen LogP contribution in [0.4, 0.5) is 23.7 Å². The Balaban J connectivity index is 1.68. The number of carbonyl (C=O) groups is 1. The van der Waals surface area contributed by atoms with Crippen LogP contribution in [-0.4, -0.2) is 29.5 Å². The highest BCUT2D eigenvalue weighted by Gasteiger charge is 2.39. The predicted octanol–water partition coefficient (Wildman–Crippen LogP) is 6.80. The van der Waals surface area contributed by atoms with Gasteiger partial charge in [0.2, 0.25) is 0 Å². The molecule has 9 heteroatoms. The van der Waals surface area contributed by atoms with Gasteiger partial charge in [-0.1, -0.05) is 12.1 Å². The summed E-state index contributed by atoms with van der Waals surface area (Å²) in [5.41, 5.74) is 3.29. The standard InChI is InChI=1S/C25H24F3N3O3/c1-3-33-19-11-12-20-21(14-29)23(31(22(20)13-19)18-5-4-6-18)16-7-9-17(10-8-16)30-24(32)34-15(2)25(26,27)28/h7-13,15,18H,3-6H2,1-2H3,(H,30,32). The number of nitrogens with zero attached hydrogens (tertiary/aromatic N) is 2. The summed E-state index contributed by atoms with van der Waals surface area (Å²) in [7, 11) is 0. The zero-order valence-electron chi connectivity index (χ0n) is 18.8. The molecule has 4 rings (SSSR count). The van der Waals surface area contributed by atoms with Crippen LogP contribution in [0.2, 0.25) is 0 Å². The van der Waals surface area contributed by atoms with Crippen LogP contribution in [0, 0.1) is 11.3 Å². The Kier molecular flexibility index (Phi) is 6.42. The number of ether oxygens (including phenoxy) is 2. The summed E-state index contributed by atoms with van der Waals surface area (Å²) in [5, 5.41) is 13.1. The molecule has 0 spiro atoms. The molecule has 1 N–H and O–H groups in total. The van der Waals surface area contributed by atoms with E-state index < -0.39 is 18.4 Å². The molecule has 1 amide bonds. The van der Waals surface area contributed by atoms with E-state index in [1.54, 1.807) is 24.3 Å². The highest BCUT2D eigenvalue weighted by Crippen LogP contribution is 2.43. The van der Waals surface area contributed by atoms with E-state index >= 15 is 0 Å². The van der Waals surface area contributed by atoms with Gasteiger partial charge in [-0.25, -0.2) is 4.79 Å². The summed E-state index contributed by atoms with van der Waals surface area (Å²) in [6.45, 7) is 3.21. The molecular formula is C25H24F3N3O3. The smallest absolute Gasteiger partial charge is 0.425 e. The minimum absolute atomic E-state index is 0.258. The molecule has 1 unspecified atom stereocenters. The summed E-state index contributed by atoms with van der Waals surface area (Å²) < 4.78 is 50.1. The Morgan fingerprint density at radius 1 is 1.24 bits per heavy atom. The lowest BCUT2D eigenvalue weighted by Crippen LogP contribution is -2.32. The van der Waals surface area contributed by atoms with Crippen molar-refractivity contribution in [2.24, 2.45) is 0 Å². The van der Waals surface area contributed by atoms with E-state index in [4.69, 9.17) is 4.74 Å². The van der Waals surface area contributed by atoms with Crippen molar-refractivity contribution in [2.45, 2.75) is 51.4 Å². The number of nitriles is 1. The molecule has 0 radical (unpaired) electrons. The first-order valence-electron chi connectivity index (χ1n) is 11.1. The zero-order chi connectivity index (χ0) is 24.5. The Hall–Kier alpha value is -3.67. The number of carbonyl (C=O) groups excluding carboxylic acids is 1. The molecule has 0 bridgehead atoms. The normalized spacial score (nSPS) is 14.8. The monoisotopic (exact) mass is 471 g/mol. The molecule has 1 aliphatic rings. The van der Waals surface area contributed by atoms with Crippen molar-refractivity contribution >= 4 is 22.7 Å². The Morgan fingerprint density at radius 3 is 2.50 bits per heavy atom. The van der Waals surface area contributed by atoms with Crippen molar-refractivity contribution in [3.8, 4) is 23.1 Å². The third kappa shape index (κ3) is 4.53. The number of rotatable bonds is 6. The quantitative estimate of drug-likeness (QED) is 0.429. The van der Waals surface area contributed by atoms with Crippen LogP contribution in [0.15, 0.2) is 42.5 Å². The van der Waals surface area contributed by atoms with Crippen LogP contribution in [0.3, 0.4) is 0 Å². The van der Waals surface area contributed by atoms with Gasteiger partial charge in [-0.2, -0.15) is 18.4 Å². The second kappa shape index (κ2) is 9.29. The number of hydrogen-bond acceptors (Lipinski definition) is 4. The van der Waals surface area contributed by atoms with Gasteiger partial charge in [-0.05, 0) is 62.9 Å². The van der Waals surface area contributed by atoms with Crippen LogP contribution in [-0.2, 0) is 4.74 Å². The van der Waals surface area contributed by atoms with E-state index in [1.807, 2.05) is 25.1 Å². The second-order valence-corrected chi connectivity index (χ2v) is 8.19. The third-order valence-electron chi connectivity index (χ3n) is 5.99. The fourth-order valence-corrected chi connectivity index (χ4v) is 4.05. The summed E-state index contributed by atoms with van der Waals surface area (Å²) in [6.07, 6.45) is -4.93. The molecule has 0 saturated heterocycles. The van der Waals surface area contributed by atoms with E-state index in [0.717, 1.165) is 54.1 Å². The van der Waals surface area contributed by atoms with E-state index in [9.17, 15) is 23.2 Å². The predicted molar refractivity (Wildman–Crippen MR) is 122 cm³/mol. The van der Waals surface area contributed by atoms with Crippen LogP contribution in [0.25, 0.3) is 22.2 Å². The number of amides is 1. The molecule has 0 aliphatic heterocycles. The van der Waals surface area contributed by atoms with Crippen molar-refractivity contribution in [1.82, 2.24) is 4.57 Å². The molecule has 1 aromatic heterocycles. The van der Waals surface area contributed by atoms with E-state index in [-0.39, 0.29) is 11.7 Å². The maximum absolute atomic E-state index is 12.6. The van der Waals surface area contributed by atoms with Gasteiger partial charge >= 0.3 is 12.3 Å². The molecule has 1 atom stereocenters. The molecule has 1 heterocycles. The van der Waals surface area contributed by atoms with Crippen LogP contribution < -0.4 is 10.1 Å². The second-order valence-electron chi connectivity index (χ2n) is 8.19. The maximum Gasteiger partial charge on any atom is 0.425 e. The molecule has 34 heavy (non-hydrogen) atoms. The van der Waals surface area contributed by atoms with Crippen molar-refractivity contribution in [2.75, 3.05) is 11.9 Å². The molecule has 6 nitrogen and oxygen atoms in total. The van der Waals surface area contributed by atoms with E-state index in [2.05, 4.69) is 20.7 Å². The SMILES string of the molecule is CCOc1ccc2c(C#N)c(-c3ccc(NC(=O)OC(C)C(F)(F)F)cc3)n(C3CCC3)c2c1. The summed E-state index contributed by atoms with van der Waals surface area (Å²) in [5.74, 6) is 0.732. The lowest BCUT2D eigenvalue weighted by atomic mass is 9.92. The van der Waals surface area contributed by atoms with Crippen LogP contribution in [0.1, 0.15) is 44.7 Å². The fraction of sp³-hybridized carbons (Fsp3) is 0.360. The Morgan fingerprint density at radius 2 is 1.94 bits per heavy atom. The number of halogens is 3. The van der Waals surface area contributed by atoms with Gasteiger partial charge in [0.1, 0.15) is 11.8 Å². The summed E-state index contributed by atoms with van der Waals surface area (Å²) >= 11 is 0. The van der Waals surface area contributed by atoms with Crippen LogP contribution in [0.5, 0.6) is 5.75 Å². The molecule has 1 fully saturated rings. The van der Waals surface area contributed by atoms with Crippen LogP contribution >= 0.6 is 0 Å². The minimum atomic E-state index is -4.63. The summed E-state index contributed by atoms with van der Waals surface area (Å²) in [4.78, 5) is 11.8. The largest absolute Gasteiger partial charge is 0.494 e. The minimum Gasteiger partial charge on any atom is -0.494 e. The first-order chi connectivity index (χ1) is 16.2. The van der Waals surface area contributed by atoms with Gasteiger partial charge in [0.25, 0.3) is 0 Å². The number of aromatic nitrogens is 1. The number of hydrogen-bond donors (Lipinski definition) is 1. The first-order valence-corrected chi connectivity index (χ1v) is 11.1. The molecule has 1 aliphatic carbocycles. The first kappa shape index (κ1) is 23.5. The molecule has 2 aromatic carbocycles. The van der Waals surface area contributed by atoms with Gasteiger partial charge in [0.05, 0.1) is 23.4 Å². The number of alkyl halides is 3. The zero-order valence-corrected chi connectivity index (χ0v) is 18.8. The molecule has 178 valence electrons. The van der Waals surface area contributed by atoms with Gasteiger partial charge in [-0.3, -0.25) is 5.32 Å². The Bertz CT molecular complexity index is 1240. The topological polar surface area (TPSA) is 76.3 Å². The van der Waals surface area contributed by atoms with Crippen molar-refractivity contribution in [3.05, 3.63) is 48.0 Å². The fourth-order valence-electron chi connectivity index (χ4n) is 4.05. The Labute approximate surface area is 194 Å². The van der Waals surface area contributed by atoms with E-state index in [0.29, 0.717) is 12.2 Å². The number of anilines is 1. The lowest BCUT2D eigenvalue weighted by molar-refractivity contribution is -0.196. The van der Waals surface area contributed by atoms with Crippen molar-refractivity contribution < 1.29 is 27.4 Å². The number of fused-ring (bicyclic) bond motifs is 1. The average Bonchev–Trinajstić information content (AvgIpc) is 3.06. The number of benzene rings is 2. The van der Waals surface area contributed by atoms with Gasteiger partial charge < -0.3 is 14.0 Å². The van der Waals surface area contributed by atoms with Gasteiger partial charge in [-0.15, -0.1) is 0 Å². The number of nitrogens with one attached hydrogen (secondary N) is 1. The third-order valence-corrected chi connectivity index (χ3v) is 5.99. The van der Waals surface area contributed by atoms with Gasteiger partial charge in [0, 0.05) is 23.2 Å². The van der Waals surface area contributed by atoms with Crippen molar-refractivity contribution in [3.63, 3.8) is 0 Å². The van der Waals surface area contributed by atoms with Gasteiger partial charge in [0.15, 0.2) is 6.10 Å². The average molecular weight is 471 g/mol. The summed E-state index contributed by atoms with van der Waals surface area (Å²) in [6, 6.07) is 14.9. The molecule has 3 aromatic rings.